The lowest BCUT2D eigenvalue weighted by Gasteiger charge is -2.24. The Morgan fingerprint density at radius 1 is 1.22 bits per heavy atom. The van der Waals surface area contributed by atoms with E-state index in [1.165, 1.54) is 19.3 Å². The molecule has 1 saturated carbocycles. The van der Waals surface area contributed by atoms with E-state index in [1.54, 1.807) is 0 Å². The number of aromatic nitrogens is 2. The molecule has 3 rings (SSSR count). The van der Waals surface area contributed by atoms with Gasteiger partial charge in [-0.25, -0.2) is 4.98 Å². The summed E-state index contributed by atoms with van der Waals surface area (Å²) in [7, 11) is 0. The highest BCUT2D eigenvalue weighted by Crippen LogP contribution is 2.26. The molecule has 124 valence electrons. The number of amides is 1. The van der Waals surface area contributed by atoms with E-state index in [1.807, 2.05) is 24.3 Å². The second-order valence-corrected chi connectivity index (χ2v) is 7.66. The molecule has 1 heterocycles. The molecule has 1 N–H and O–H groups in total. The molecule has 0 atom stereocenters. The van der Waals surface area contributed by atoms with Gasteiger partial charge in [-0.05, 0) is 25.0 Å². The van der Waals surface area contributed by atoms with Gasteiger partial charge in [0.2, 0.25) is 5.91 Å². The zero-order valence-corrected chi connectivity index (χ0v) is 14.4. The molecule has 1 aliphatic carbocycles. The van der Waals surface area contributed by atoms with Gasteiger partial charge in [-0.2, -0.15) is 0 Å². The Kier molecular flexibility index (Phi) is 4.42. The van der Waals surface area contributed by atoms with Crippen LogP contribution in [0.5, 0.6) is 0 Å². The average Bonchev–Trinajstić information content (AvgIpc) is 2.87. The Morgan fingerprint density at radius 3 is 2.61 bits per heavy atom. The van der Waals surface area contributed by atoms with Crippen LogP contribution in [-0.4, -0.2) is 21.5 Å². The summed E-state index contributed by atoms with van der Waals surface area (Å²) >= 11 is 0. The first-order valence-electron chi connectivity index (χ1n) is 8.70. The molecular formula is C19H27N3O. The van der Waals surface area contributed by atoms with Crippen LogP contribution >= 0.6 is 0 Å². The quantitative estimate of drug-likeness (QED) is 0.937. The number of benzene rings is 1. The topological polar surface area (TPSA) is 46.9 Å². The maximum Gasteiger partial charge on any atom is 0.240 e. The monoisotopic (exact) mass is 313 g/mol. The zero-order valence-electron chi connectivity index (χ0n) is 14.4. The average molecular weight is 313 g/mol. The lowest BCUT2D eigenvalue weighted by Crippen LogP contribution is -2.38. The number of fused-ring (bicyclic) bond motifs is 1. The molecule has 4 heteroatoms. The number of nitrogens with one attached hydrogen (secondary N) is 1. The van der Waals surface area contributed by atoms with Gasteiger partial charge in [0.15, 0.2) is 0 Å². The van der Waals surface area contributed by atoms with Gasteiger partial charge >= 0.3 is 0 Å². The SMILES string of the molecule is CC(C)(C)c1nc2ccccc2n1CC(=O)NC1CCCCC1. The summed E-state index contributed by atoms with van der Waals surface area (Å²) in [5.74, 6) is 1.07. The minimum absolute atomic E-state index is 0.0931. The van der Waals surface area contributed by atoms with E-state index in [0.717, 1.165) is 29.7 Å². The number of nitrogens with zero attached hydrogens (tertiary/aromatic N) is 2. The summed E-state index contributed by atoms with van der Waals surface area (Å²) in [6.07, 6.45) is 5.98. The third-order valence-corrected chi connectivity index (χ3v) is 4.60. The van der Waals surface area contributed by atoms with Crippen molar-refractivity contribution in [3.63, 3.8) is 0 Å². The first kappa shape index (κ1) is 16.0. The Bertz CT molecular complexity index is 690. The summed E-state index contributed by atoms with van der Waals surface area (Å²) in [5.41, 5.74) is 1.91. The van der Waals surface area contributed by atoms with Crippen LogP contribution in [0.4, 0.5) is 0 Å². The Morgan fingerprint density at radius 2 is 1.91 bits per heavy atom. The van der Waals surface area contributed by atoms with Crippen LogP contribution in [0.2, 0.25) is 0 Å². The third-order valence-electron chi connectivity index (χ3n) is 4.60. The van der Waals surface area contributed by atoms with E-state index in [0.29, 0.717) is 12.6 Å². The lowest BCUT2D eigenvalue weighted by molar-refractivity contribution is -0.122. The minimum Gasteiger partial charge on any atom is -0.352 e. The van der Waals surface area contributed by atoms with E-state index in [2.05, 4.69) is 30.7 Å². The van der Waals surface area contributed by atoms with Crippen molar-refractivity contribution >= 4 is 16.9 Å². The van der Waals surface area contributed by atoms with Gasteiger partial charge in [0.05, 0.1) is 11.0 Å². The Hall–Kier alpha value is -1.84. The molecule has 0 spiro atoms. The van der Waals surface area contributed by atoms with Gasteiger partial charge in [0.1, 0.15) is 12.4 Å². The van der Waals surface area contributed by atoms with Crippen LogP contribution in [-0.2, 0) is 16.8 Å². The number of hydrogen-bond acceptors (Lipinski definition) is 2. The van der Waals surface area contributed by atoms with Gasteiger partial charge in [0.25, 0.3) is 0 Å². The second kappa shape index (κ2) is 6.34. The molecule has 1 aromatic heterocycles. The van der Waals surface area contributed by atoms with Crippen LogP contribution < -0.4 is 5.32 Å². The number of imidazole rings is 1. The summed E-state index contributed by atoms with van der Waals surface area (Å²) in [4.78, 5) is 17.3. The first-order chi connectivity index (χ1) is 10.9. The normalized spacial score (nSPS) is 16.7. The van der Waals surface area contributed by atoms with Crippen molar-refractivity contribution in [1.82, 2.24) is 14.9 Å². The molecule has 0 radical (unpaired) electrons. The predicted octanol–water partition coefficient (Wildman–Crippen LogP) is 3.78. The van der Waals surface area contributed by atoms with Crippen molar-refractivity contribution < 1.29 is 4.79 Å². The molecular weight excluding hydrogens is 286 g/mol. The summed E-state index contributed by atoms with van der Waals surface area (Å²) in [5, 5.41) is 3.21. The van der Waals surface area contributed by atoms with Crippen LogP contribution in [0, 0.1) is 0 Å². The first-order valence-corrected chi connectivity index (χ1v) is 8.70. The maximum atomic E-state index is 12.5. The fraction of sp³-hybridized carbons (Fsp3) is 0.579. The van der Waals surface area contributed by atoms with E-state index in [-0.39, 0.29) is 11.3 Å². The van der Waals surface area contributed by atoms with Gasteiger partial charge < -0.3 is 9.88 Å². The van der Waals surface area contributed by atoms with Crippen molar-refractivity contribution in [2.75, 3.05) is 0 Å². The number of rotatable bonds is 3. The highest BCUT2D eigenvalue weighted by molar-refractivity contribution is 5.81. The standard InChI is InChI=1S/C19H27N3O/c1-19(2,3)18-21-15-11-7-8-12-16(15)22(18)13-17(23)20-14-9-5-4-6-10-14/h7-8,11-12,14H,4-6,9-10,13H2,1-3H3,(H,20,23). The van der Waals surface area contributed by atoms with Gasteiger partial charge in [-0.15, -0.1) is 0 Å². The minimum atomic E-state index is -0.0931. The smallest absolute Gasteiger partial charge is 0.240 e. The molecule has 1 amide bonds. The molecule has 0 aliphatic heterocycles. The summed E-state index contributed by atoms with van der Waals surface area (Å²) in [6.45, 7) is 6.78. The molecule has 0 bridgehead atoms. The fourth-order valence-electron chi connectivity index (χ4n) is 3.47. The van der Waals surface area contributed by atoms with Crippen LogP contribution in [0.15, 0.2) is 24.3 Å². The highest BCUT2D eigenvalue weighted by Gasteiger charge is 2.24. The van der Waals surface area contributed by atoms with E-state index >= 15 is 0 Å². The lowest BCUT2D eigenvalue weighted by atomic mass is 9.95. The van der Waals surface area contributed by atoms with Crippen molar-refractivity contribution in [2.45, 2.75) is 70.9 Å². The van der Waals surface area contributed by atoms with E-state index in [4.69, 9.17) is 4.98 Å². The zero-order chi connectivity index (χ0) is 16.4. The molecule has 2 aromatic rings. The van der Waals surface area contributed by atoms with Gasteiger partial charge in [-0.1, -0.05) is 52.2 Å². The molecule has 23 heavy (non-hydrogen) atoms. The molecule has 4 nitrogen and oxygen atoms in total. The third kappa shape index (κ3) is 3.57. The van der Waals surface area contributed by atoms with Crippen LogP contribution in [0.1, 0.15) is 58.7 Å². The Labute approximate surface area is 138 Å². The molecule has 1 aromatic carbocycles. The van der Waals surface area contributed by atoms with E-state index < -0.39 is 0 Å². The van der Waals surface area contributed by atoms with Crippen molar-refractivity contribution in [1.29, 1.82) is 0 Å². The van der Waals surface area contributed by atoms with Crippen molar-refractivity contribution in [3.05, 3.63) is 30.1 Å². The van der Waals surface area contributed by atoms with Gasteiger partial charge in [0, 0.05) is 11.5 Å². The maximum absolute atomic E-state index is 12.5. The molecule has 1 fully saturated rings. The van der Waals surface area contributed by atoms with Crippen molar-refractivity contribution in [3.8, 4) is 0 Å². The Balaban J connectivity index is 1.84. The van der Waals surface area contributed by atoms with Crippen molar-refractivity contribution in [2.24, 2.45) is 0 Å². The fourth-order valence-corrected chi connectivity index (χ4v) is 3.47. The van der Waals surface area contributed by atoms with Crippen LogP contribution in [0.25, 0.3) is 11.0 Å². The number of para-hydroxylation sites is 2. The summed E-state index contributed by atoms with van der Waals surface area (Å²) in [6, 6.07) is 8.41. The largest absolute Gasteiger partial charge is 0.352 e. The molecule has 0 unspecified atom stereocenters. The number of carbonyl (C=O) groups excluding carboxylic acids is 1. The number of carbonyl (C=O) groups is 1. The molecule has 1 aliphatic rings. The predicted molar refractivity (Wildman–Crippen MR) is 93.4 cm³/mol. The second-order valence-electron chi connectivity index (χ2n) is 7.66. The van der Waals surface area contributed by atoms with Crippen LogP contribution in [0.3, 0.4) is 0 Å². The number of hydrogen-bond donors (Lipinski definition) is 1. The molecule has 0 saturated heterocycles. The van der Waals surface area contributed by atoms with Gasteiger partial charge in [-0.3, -0.25) is 4.79 Å². The summed E-state index contributed by atoms with van der Waals surface area (Å²) < 4.78 is 2.08. The van der Waals surface area contributed by atoms with E-state index in [9.17, 15) is 4.79 Å². The highest BCUT2D eigenvalue weighted by atomic mass is 16.2.